The van der Waals surface area contributed by atoms with Crippen LogP contribution in [0, 0.1) is 5.92 Å². The summed E-state index contributed by atoms with van der Waals surface area (Å²) in [5.74, 6) is 0.848. The standard InChI is InChI=1S/C11H13NO2/c1-12-6-8-7-14-10-5-3-2-4-9(10)11(8)13/h2-5,8,12H,6-7H2,1H3. The summed E-state index contributed by atoms with van der Waals surface area (Å²) in [7, 11) is 1.84. The zero-order valence-electron chi connectivity index (χ0n) is 8.12. The van der Waals surface area contributed by atoms with Crippen LogP contribution in [0.4, 0.5) is 0 Å². The first kappa shape index (κ1) is 9.21. The molecular formula is C11H13NO2. The van der Waals surface area contributed by atoms with E-state index in [1.165, 1.54) is 0 Å². The summed E-state index contributed by atoms with van der Waals surface area (Å²) in [5, 5.41) is 3.00. The first-order valence-electron chi connectivity index (χ1n) is 4.73. The molecule has 1 heterocycles. The second-order valence-electron chi connectivity index (χ2n) is 3.43. The maximum atomic E-state index is 11.9. The number of carbonyl (C=O) groups excluding carboxylic acids is 1. The third-order valence-corrected chi connectivity index (χ3v) is 2.41. The molecule has 0 bridgehead atoms. The van der Waals surface area contributed by atoms with Gasteiger partial charge in [-0.1, -0.05) is 12.1 Å². The van der Waals surface area contributed by atoms with Crippen molar-refractivity contribution in [2.75, 3.05) is 20.2 Å². The van der Waals surface area contributed by atoms with Crippen LogP contribution in [0.2, 0.25) is 0 Å². The lowest BCUT2D eigenvalue weighted by molar-refractivity contribution is 0.0832. The Hall–Kier alpha value is -1.35. The van der Waals surface area contributed by atoms with Crippen molar-refractivity contribution in [1.29, 1.82) is 0 Å². The van der Waals surface area contributed by atoms with Crippen LogP contribution >= 0.6 is 0 Å². The number of rotatable bonds is 2. The fourth-order valence-corrected chi connectivity index (χ4v) is 1.68. The van der Waals surface area contributed by atoms with Gasteiger partial charge < -0.3 is 10.1 Å². The third kappa shape index (κ3) is 1.51. The zero-order chi connectivity index (χ0) is 9.97. The molecule has 1 aliphatic heterocycles. The largest absolute Gasteiger partial charge is 0.492 e. The highest BCUT2D eigenvalue weighted by molar-refractivity contribution is 6.01. The van der Waals surface area contributed by atoms with Crippen molar-refractivity contribution in [3.8, 4) is 5.75 Å². The highest BCUT2D eigenvalue weighted by atomic mass is 16.5. The van der Waals surface area contributed by atoms with Gasteiger partial charge in [-0.3, -0.25) is 4.79 Å². The summed E-state index contributed by atoms with van der Waals surface area (Å²) in [6, 6.07) is 7.40. The van der Waals surface area contributed by atoms with Crippen LogP contribution in [0.3, 0.4) is 0 Å². The van der Waals surface area contributed by atoms with Crippen molar-refractivity contribution in [2.24, 2.45) is 5.92 Å². The van der Waals surface area contributed by atoms with Gasteiger partial charge in [-0.15, -0.1) is 0 Å². The van der Waals surface area contributed by atoms with E-state index in [1.807, 2.05) is 31.3 Å². The van der Waals surface area contributed by atoms with Crippen molar-refractivity contribution in [3.63, 3.8) is 0 Å². The summed E-state index contributed by atoms with van der Waals surface area (Å²) in [4.78, 5) is 11.9. The first-order chi connectivity index (χ1) is 6.83. The van der Waals surface area contributed by atoms with Crippen molar-refractivity contribution >= 4 is 5.78 Å². The van der Waals surface area contributed by atoms with Crippen molar-refractivity contribution in [3.05, 3.63) is 29.8 Å². The molecule has 74 valence electrons. The molecule has 2 rings (SSSR count). The highest BCUT2D eigenvalue weighted by Gasteiger charge is 2.27. The van der Waals surface area contributed by atoms with Gasteiger partial charge in [-0.2, -0.15) is 0 Å². The number of fused-ring (bicyclic) bond motifs is 1. The van der Waals surface area contributed by atoms with Gasteiger partial charge in [-0.05, 0) is 19.2 Å². The normalized spacial score (nSPS) is 20.1. The topological polar surface area (TPSA) is 38.3 Å². The predicted octanol–water partition coefficient (Wildman–Crippen LogP) is 1.10. The molecule has 1 atom stereocenters. The van der Waals surface area contributed by atoms with E-state index in [4.69, 9.17) is 4.74 Å². The molecule has 1 N–H and O–H groups in total. The van der Waals surface area contributed by atoms with Crippen LogP contribution in [-0.4, -0.2) is 26.0 Å². The molecule has 0 saturated carbocycles. The Kier molecular flexibility index (Phi) is 2.50. The van der Waals surface area contributed by atoms with Crippen LogP contribution in [-0.2, 0) is 0 Å². The maximum absolute atomic E-state index is 11.9. The lowest BCUT2D eigenvalue weighted by Gasteiger charge is -2.23. The Morgan fingerprint density at radius 3 is 3.07 bits per heavy atom. The van der Waals surface area contributed by atoms with Gasteiger partial charge in [0.25, 0.3) is 0 Å². The van der Waals surface area contributed by atoms with E-state index in [0.717, 1.165) is 0 Å². The molecule has 0 amide bonds. The SMILES string of the molecule is CNCC1COc2ccccc2C1=O. The third-order valence-electron chi connectivity index (χ3n) is 2.41. The van der Waals surface area contributed by atoms with Crippen LogP contribution in [0.5, 0.6) is 5.75 Å². The summed E-state index contributed by atoms with van der Waals surface area (Å²) < 4.78 is 5.50. The molecule has 3 heteroatoms. The van der Waals surface area contributed by atoms with Crippen LogP contribution in [0.15, 0.2) is 24.3 Å². The number of carbonyl (C=O) groups is 1. The second kappa shape index (κ2) is 3.80. The summed E-state index contributed by atoms with van der Waals surface area (Å²) in [5.41, 5.74) is 0.707. The summed E-state index contributed by atoms with van der Waals surface area (Å²) in [6.45, 7) is 1.16. The second-order valence-corrected chi connectivity index (χ2v) is 3.43. The Bertz CT molecular complexity index is 349. The van der Waals surface area contributed by atoms with Gasteiger partial charge in [0, 0.05) is 6.54 Å². The van der Waals surface area contributed by atoms with Gasteiger partial charge in [-0.25, -0.2) is 0 Å². The van der Waals surface area contributed by atoms with Gasteiger partial charge >= 0.3 is 0 Å². The fraction of sp³-hybridized carbons (Fsp3) is 0.364. The number of benzene rings is 1. The molecule has 14 heavy (non-hydrogen) atoms. The summed E-state index contributed by atoms with van der Waals surface area (Å²) >= 11 is 0. The lowest BCUT2D eigenvalue weighted by atomic mass is 9.95. The number of ketones is 1. The number of nitrogens with one attached hydrogen (secondary N) is 1. The number of hydrogen-bond donors (Lipinski definition) is 1. The highest BCUT2D eigenvalue weighted by Crippen LogP contribution is 2.26. The van der Waals surface area contributed by atoms with Crippen LogP contribution in [0.25, 0.3) is 0 Å². The maximum Gasteiger partial charge on any atom is 0.174 e. The molecule has 0 spiro atoms. The van der Waals surface area contributed by atoms with E-state index in [-0.39, 0.29) is 11.7 Å². The van der Waals surface area contributed by atoms with Gasteiger partial charge in [0.15, 0.2) is 5.78 Å². The first-order valence-corrected chi connectivity index (χ1v) is 4.73. The predicted molar refractivity (Wildman–Crippen MR) is 53.7 cm³/mol. The van der Waals surface area contributed by atoms with Crippen molar-refractivity contribution < 1.29 is 9.53 Å². The van der Waals surface area contributed by atoms with E-state index < -0.39 is 0 Å². The van der Waals surface area contributed by atoms with Gasteiger partial charge in [0.1, 0.15) is 5.75 Å². The minimum Gasteiger partial charge on any atom is -0.492 e. The van der Waals surface area contributed by atoms with E-state index >= 15 is 0 Å². The van der Waals surface area contributed by atoms with Crippen molar-refractivity contribution in [2.45, 2.75) is 0 Å². The zero-order valence-corrected chi connectivity index (χ0v) is 8.12. The molecule has 0 fully saturated rings. The van der Waals surface area contributed by atoms with Gasteiger partial charge in [0.05, 0.1) is 18.1 Å². The Morgan fingerprint density at radius 2 is 2.29 bits per heavy atom. The Morgan fingerprint density at radius 1 is 1.50 bits per heavy atom. The molecular weight excluding hydrogens is 178 g/mol. The average molecular weight is 191 g/mol. The molecule has 0 saturated heterocycles. The molecule has 1 aliphatic rings. The molecule has 3 nitrogen and oxygen atoms in total. The minimum atomic E-state index is -0.0464. The lowest BCUT2D eigenvalue weighted by Crippen LogP contribution is -2.34. The quantitative estimate of drug-likeness (QED) is 0.760. The van der Waals surface area contributed by atoms with E-state index in [9.17, 15) is 4.79 Å². The van der Waals surface area contributed by atoms with Crippen LogP contribution in [0.1, 0.15) is 10.4 Å². The molecule has 0 radical (unpaired) electrons. The Balaban J connectivity index is 2.27. The average Bonchev–Trinajstić information content (AvgIpc) is 2.23. The molecule has 1 aromatic rings. The molecule has 0 aromatic heterocycles. The summed E-state index contributed by atoms with van der Waals surface area (Å²) in [6.07, 6.45) is 0. The fourth-order valence-electron chi connectivity index (χ4n) is 1.68. The van der Waals surface area contributed by atoms with Crippen LogP contribution < -0.4 is 10.1 Å². The molecule has 0 aliphatic carbocycles. The van der Waals surface area contributed by atoms with E-state index in [2.05, 4.69) is 5.32 Å². The van der Waals surface area contributed by atoms with E-state index in [1.54, 1.807) is 0 Å². The number of Topliss-reactive ketones (excluding diaryl/α,β-unsaturated/α-hetero) is 1. The van der Waals surface area contributed by atoms with Gasteiger partial charge in [0.2, 0.25) is 0 Å². The molecule has 1 aromatic carbocycles. The number of hydrogen-bond acceptors (Lipinski definition) is 3. The van der Waals surface area contributed by atoms with E-state index in [0.29, 0.717) is 24.5 Å². The molecule has 1 unspecified atom stereocenters. The Labute approximate surface area is 83.1 Å². The van der Waals surface area contributed by atoms with Crippen molar-refractivity contribution in [1.82, 2.24) is 5.32 Å². The number of ether oxygens (including phenoxy) is 1. The smallest absolute Gasteiger partial charge is 0.174 e. The number of para-hydroxylation sites is 1. The minimum absolute atomic E-state index is 0.0464. The monoisotopic (exact) mass is 191 g/mol.